The molecule has 0 bridgehead atoms. The zero-order chi connectivity index (χ0) is 36.1. The summed E-state index contributed by atoms with van der Waals surface area (Å²) in [6.45, 7) is 4.39. The summed E-state index contributed by atoms with van der Waals surface area (Å²) in [6, 6.07) is 27.2. The molecule has 6 rings (SSSR count). The van der Waals surface area contributed by atoms with Crippen LogP contribution in [0.1, 0.15) is 30.5 Å². The van der Waals surface area contributed by atoms with E-state index in [0.717, 1.165) is 33.2 Å². The molecule has 0 unspecified atom stereocenters. The number of carbonyl (C=O) groups is 4. The summed E-state index contributed by atoms with van der Waals surface area (Å²) < 4.78 is 15.4. The minimum absolute atomic E-state index is 0.0506. The van der Waals surface area contributed by atoms with Gasteiger partial charge in [0.05, 0.1) is 27.3 Å². The number of hydrazine groups is 1. The molecule has 12 heteroatoms. The Hall–Kier alpha value is -5.62. The van der Waals surface area contributed by atoms with E-state index in [1.165, 1.54) is 7.11 Å². The van der Waals surface area contributed by atoms with Crippen molar-refractivity contribution in [1.82, 2.24) is 25.1 Å². The van der Waals surface area contributed by atoms with Crippen molar-refractivity contribution in [2.24, 2.45) is 0 Å². The van der Waals surface area contributed by atoms with Gasteiger partial charge < -0.3 is 29.3 Å². The molecule has 1 N–H and O–H groups in total. The fourth-order valence-corrected chi connectivity index (χ4v) is 6.80. The lowest BCUT2D eigenvalue weighted by Crippen LogP contribution is -2.66. The third kappa shape index (κ3) is 7.76. The molecule has 0 aromatic heterocycles. The summed E-state index contributed by atoms with van der Waals surface area (Å²) in [6.07, 6.45) is -0.323. The monoisotopic (exact) mass is 693 g/mol. The Labute approximate surface area is 297 Å². The number of hydrogen-bond donors (Lipinski definition) is 1. The smallest absolute Gasteiger partial charge is 0.343 e. The molecule has 0 saturated carbocycles. The Kier molecular flexibility index (Phi) is 10.7. The Morgan fingerprint density at radius 1 is 0.882 bits per heavy atom. The number of rotatable bonds is 12. The van der Waals surface area contributed by atoms with Gasteiger partial charge in [0, 0.05) is 25.6 Å². The number of methoxy groups -OCH3 is 2. The van der Waals surface area contributed by atoms with Crippen LogP contribution in [0, 0.1) is 0 Å². The summed E-state index contributed by atoms with van der Waals surface area (Å²) in [7, 11) is 2.90. The van der Waals surface area contributed by atoms with Crippen molar-refractivity contribution in [2.45, 2.75) is 51.6 Å². The highest BCUT2D eigenvalue weighted by Crippen LogP contribution is 2.32. The van der Waals surface area contributed by atoms with Gasteiger partial charge in [-0.2, -0.15) is 5.01 Å². The predicted molar refractivity (Wildman–Crippen MR) is 190 cm³/mol. The zero-order valence-electron chi connectivity index (χ0n) is 29.3. The highest BCUT2D eigenvalue weighted by Gasteiger charge is 2.52. The summed E-state index contributed by atoms with van der Waals surface area (Å²) >= 11 is 0. The lowest BCUT2D eigenvalue weighted by Gasteiger charge is -2.47. The second kappa shape index (κ2) is 15.5. The Balaban J connectivity index is 1.28. The highest BCUT2D eigenvalue weighted by atomic mass is 16.6. The van der Waals surface area contributed by atoms with Crippen molar-refractivity contribution < 1.29 is 33.4 Å². The number of fused-ring (bicyclic) bond motifs is 2. The predicted octanol–water partition coefficient (Wildman–Crippen LogP) is 4.36. The second-order valence-electron chi connectivity index (χ2n) is 12.9. The molecule has 4 aromatic carbocycles. The van der Waals surface area contributed by atoms with Crippen LogP contribution < -0.4 is 14.8 Å². The minimum atomic E-state index is -0.811. The van der Waals surface area contributed by atoms with Crippen molar-refractivity contribution in [2.75, 3.05) is 33.9 Å². The molecule has 12 nitrogen and oxygen atoms in total. The van der Waals surface area contributed by atoms with Crippen molar-refractivity contribution in [3.05, 3.63) is 108 Å². The summed E-state index contributed by atoms with van der Waals surface area (Å²) in [5.74, 6) is 0.314. The lowest BCUT2D eigenvalue weighted by molar-refractivity contribution is -0.158. The number of esters is 1. The van der Waals surface area contributed by atoms with E-state index in [-0.39, 0.29) is 56.5 Å². The van der Waals surface area contributed by atoms with Crippen molar-refractivity contribution in [1.29, 1.82) is 0 Å². The van der Waals surface area contributed by atoms with Gasteiger partial charge in [0.25, 0.3) is 0 Å². The fraction of sp³-hybridized carbons (Fsp3) is 0.333. The van der Waals surface area contributed by atoms with E-state index in [1.807, 2.05) is 92.7 Å². The first kappa shape index (κ1) is 35.2. The van der Waals surface area contributed by atoms with Crippen molar-refractivity contribution in [3.8, 4) is 11.5 Å². The van der Waals surface area contributed by atoms with Crippen LogP contribution >= 0.6 is 0 Å². The van der Waals surface area contributed by atoms with Crippen LogP contribution in [0.4, 0.5) is 4.79 Å². The number of urea groups is 1. The summed E-state index contributed by atoms with van der Waals surface area (Å²) in [4.78, 5) is 57.2. The first-order valence-electron chi connectivity index (χ1n) is 17.0. The number of hydrogen-bond acceptors (Lipinski definition) is 8. The molecule has 0 spiro atoms. The van der Waals surface area contributed by atoms with Gasteiger partial charge >= 0.3 is 12.0 Å². The maximum Gasteiger partial charge on any atom is 0.343 e. The zero-order valence-corrected chi connectivity index (χ0v) is 29.3. The third-order valence-electron chi connectivity index (χ3n) is 9.32. The van der Waals surface area contributed by atoms with Gasteiger partial charge in [0.15, 0.2) is 6.61 Å². The van der Waals surface area contributed by atoms with Gasteiger partial charge in [-0.05, 0) is 65.6 Å². The molecule has 0 aliphatic carbocycles. The molecule has 51 heavy (non-hydrogen) atoms. The maximum atomic E-state index is 14.4. The molecular weight excluding hydrogens is 650 g/mol. The van der Waals surface area contributed by atoms with Crippen molar-refractivity contribution in [3.63, 3.8) is 0 Å². The summed E-state index contributed by atoms with van der Waals surface area (Å²) in [5.41, 5.74) is 2.71. The van der Waals surface area contributed by atoms with Crippen LogP contribution in [0.25, 0.3) is 10.8 Å². The van der Waals surface area contributed by atoms with E-state index in [9.17, 15) is 19.2 Å². The van der Waals surface area contributed by atoms with Gasteiger partial charge in [0.2, 0.25) is 11.8 Å². The Morgan fingerprint density at radius 2 is 1.57 bits per heavy atom. The molecule has 0 radical (unpaired) electrons. The summed E-state index contributed by atoms with van der Waals surface area (Å²) in [5, 5.41) is 8.54. The first-order valence-corrected chi connectivity index (χ1v) is 17.0. The second-order valence-corrected chi connectivity index (χ2v) is 12.9. The van der Waals surface area contributed by atoms with Gasteiger partial charge in [-0.15, -0.1) is 0 Å². The quantitative estimate of drug-likeness (QED) is 0.218. The lowest BCUT2D eigenvalue weighted by atomic mass is 9.99. The number of nitrogens with zero attached hydrogens (tertiary/aromatic N) is 4. The van der Waals surface area contributed by atoms with E-state index < -0.39 is 18.2 Å². The van der Waals surface area contributed by atoms with Crippen LogP contribution in [0.5, 0.6) is 11.5 Å². The van der Waals surface area contributed by atoms with Crippen LogP contribution in [0.3, 0.4) is 0 Å². The number of benzene rings is 4. The topological polar surface area (TPSA) is 121 Å². The van der Waals surface area contributed by atoms with E-state index in [2.05, 4.69) is 10.1 Å². The average Bonchev–Trinajstić information content (AvgIpc) is 3.46. The van der Waals surface area contributed by atoms with Gasteiger partial charge in [-0.25, -0.2) is 9.59 Å². The Bertz CT molecular complexity index is 1880. The average molecular weight is 694 g/mol. The molecular formula is C39H43N5O7. The highest BCUT2D eigenvalue weighted by molar-refractivity contribution is 5.92. The molecule has 2 fully saturated rings. The molecule has 266 valence electrons. The molecule has 2 atom stereocenters. The van der Waals surface area contributed by atoms with E-state index in [0.29, 0.717) is 12.3 Å². The third-order valence-corrected chi connectivity index (χ3v) is 9.32. The van der Waals surface area contributed by atoms with Crippen molar-refractivity contribution >= 4 is 34.6 Å². The van der Waals surface area contributed by atoms with E-state index in [4.69, 9.17) is 9.47 Å². The molecule has 2 aliphatic heterocycles. The number of amides is 4. The standard InChI is InChI=1S/C39H43N5O7/c1-26(2)44(39(48)40-21-28-14-16-31(49-3)17-15-28)42-24-36(45)43-34(20-27-12-18-32(19-13-27)51-25-37(46)50-4)38(47)41(23-35(42)43)22-30-10-7-9-29-8-5-6-11-33(29)30/h5-19,26,34-35H,20-25H2,1-4H3,(H,40,48)/t34-,35+/m0/s1. The van der Waals surface area contributed by atoms with E-state index >= 15 is 0 Å². The van der Waals surface area contributed by atoms with Crippen LogP contribution in [0.15, 0.2) is 91.0 Å². The SMILES string of the molecule is COC(=O)COc1ccc(C[C@H]2C(=O)N(Cc3cccc4ccccc34)C[C@H]3N2C(=O)CN3N(C(=O)NCc2ccc(OC)cc2)C(C)C)cc1. The molecule has 4 aromatic rings. The Morgan fingerprint density at radius 3 is 2.27 bits per heavy atom. The number of piperazine rings is 1. The minimum Gasteiger partial charge on any atom is -0.497 e. The van der Waals surface area contributed by atoms with E-state index in [1.54, 1.807) is 39.1 Å². The maximum absolute atomic E-state index is 14.4. The van der Waals surface area contributed by atoms with Crippen LogP contribution in [0.2, 0.25) is 0 Å². The molecule has 4 amide bonds. The van der Waals surface area contributed by atoms with Gasteiger partial charge in [-0.3, -0.25) is 14.6 Å². The van der Waals surface area contributed by atoms with Gasteiger partial charge in [0.1, 0.15) is 23.7 Å². The fourth-order valence-electron chi connectivity index (χ4n) is 6.80. The molecule has 2 saturated heterocycles. The number of nitrogens with one attached hydrogen (secondary N) is 1. The van der Waals surface area contributed by atoms with Gasteiger partial charge in [-0.1, -0.05) is 66.7 Å². The largest absolute Gasteiger partial charge is 0.497 e. The number of carbonyl (C=O) groups excluding carboxylic acids is 4. The van der Waals surface area contributed by atoms with Crippen LogP contribution in [-0.4, -0.2) is 95.8 Å². The molecule has 2 aliphatic rings. The van der Waals surface area contributed by atoms with Crippen LogP contribution in [-0.2, 0) is 38.6 Å². The normalized spacial score (nSPS) is 17.4. The number of ether oxygens (including phenoxy) is 3. The molecule has 2 heterocycles. The first-order chi connectivity index (χ1) is 24.7.